The Kier molecular flexibility index (Phi) is 4.35. The van der Waals surface area contributed by atoms with Gasteiger partial charge in [-0.05, 0) is 39.3 Å². The van der Waals surface area contributed by atoms with Gasteiger partial charge >= 0.3 is 0 Å². The van der Waals surface area contributed by atoms with Crippen LogP contribution < -0.4 is 5.73 Å². The fourth-order valence-corrected chi connectivity index (χ4v) is 1.81. The van der Waals surface area contributed by atoms with Crippen LogP contribution in [0.4, 0.5) is 5.69 Å². The van der Waals surface area contributed by atoms with Crippen LogP contribution in [0.15, 0.2) is 30.9 Å². The van der Waals surface area contributed by atoms with Crippen LogP contribution in [0.25, 0.3) is 0 Å². The van der Waals surface area contributed by atoms with Crippen LogP contribution in [0, 0.1) is 6.92 Å². The van der Waals surface area contributed by atoms with E-state index in [9.17, 15) is 0 Å². The summed E-state index contributed by atoms with van der Waals surface area (Å²) in [4.78, 5) is 2.37. The molecule has 0 fully saturated rings. The van der Waals surface area contributed by atoms with Gasteiger partial charge in [-0.1, -0.05) is 23.8 Å². The van der Waals surface area contributed by atoms with Crippen molar-refractivity contribution in [3.63, 3.8) is 0 Å². The number of aryl methyl sites for hydroxylation is 1. The molecule has 2 N–H and O–H groups in total. The van der Waals surface area contributed by atoms with E-state index in [1.165, 1.54) is 11.1 Å². The second kappa shape index (κ2) is 5.37. The number of rotatable bonds is 4. The number of benzene rings is 1. The molecule has 0 bridgehead atoms. The second-order valence-corrected chi connectivity index (χ2v) is 5.54. The first kappa shape index (κ1) is 13.8. The van der Waals surface area contributed by atoms with E-state index in [4.69, 9.17) is 5.73 Å². The standard InChI is InChI=1S/C15H24N2/c1-6-9-17(15(3,4)5)11-13-10-12(2)7-8-14(13)16/h6-8,10H,1,9,11,16H2,2-5H3. The molecule has 2 nitrogen and oxygen atoms in total. The van der Waals surface area contributed by atoms with Crippen molar-refractivity contribution in [1.82, 2.24) is 4.90 Å². The molecule has 0 radical (unpaired) electrons. The second-order valence-electron chi connectivity index (χ2n) is 5.54. The largest absolute Gasteiger partial charge is 0.398 e. The number of hydrogen-bond acceptors (Lipinski definition) is 2. The van der Waals surface area contributed by atoms with Gasteiger partial charge in [0, 0.05) is 24.3 Å². The summed E-state index contributed by atoms with van der Waals surface area (Å²) in [7, 11) is 0. The molecule has 1 aromatic carbocycles. The first-order valence-electron chi connectivity index (χ1n) is 6.05. The molecular weight excluding hydrogens is 208 g/mol. The third-order valence-corrected chi connectivity index (χ3v) is 2.96. The fraction of sp³-hybridized carbons (Fsp3) is 0.467. The van der Waals surface area contributed by atoms with E-state index >= 15 is 0 Å². The molecule has 17 heavy (non-hydrogen) atoms. The maximum atomic E-state index is 6.02. The fourth-order valence-electron chi connectivity index (χ4n) is 1.81. The van der Waals surface area contributed by atoms with Gasteiger partial charge in [-0.3, -0.25) is 4.90 Å². The molecular formula is C15H24N2. The van der Waals surface area contributed by atoms with Gasteiger partial charge in [0.05, 0.1) is 0 Å². The van der Waals surface area contributed by atoms with E-state index in [-0.39, 0.29) is 5.54 Å². The monoisotopic (exact) mass is 232 g/mol. The molecule has 0 unspecified atom stereocenters. The lowest BCUT2D eigenvalue weighted by atomic mass is 10.0. The maximum absolute atomic E-state index is 6.02. The Bertz CT molecular complexity index is 388. The molecule has 0 aromatic heterocycles. The number of nitrogens with zero attached hydrogens (tertiary/aromatic N) is 1. The minimum Gasteiger partial charge on any atom is -0.398 e. The highest BCUT2D eigenvalue weighted by Gasteiger charge is 2.20. The predicted molar refractivity (Wildman–Crippen MR) is 76.0 cm³/mol. The first-order chi connectivity index (χ1) is 7.84. The van der Waals surface area contributed by atoms with Crippen molar-refractivity contribution >= 4 is 5.69 Å². The molecule has 1 aromatic rings. The molecule has 0 heterocycles. The van der Waals surface area contributed by atoms with Crippen molar-refractivity contribution in [2.45, 2.75) is 39.8 Å². The molecule has 0 saturated carbocycles. The third kappa shape index (κ3) is 3.90. The highest BCUT2D eigenvalue weighted by molar-refractivity contribution is 5.48. The van der Waals surface area contributed by atoms with Gasteiger partial charge in [0.25, 0.3) is 0 Å². The summed E-state index contributed by atoms with van der Waals surface area (Å²) in [6.07, 6.45) is 1.94. The molecule has 0 saturated heterocycles. The topological polar surface area (TPSA) is 29.3 Å². The first-order valence-corrected chi connectivity index (χ1v) is 6.05. The number of hydrogen-bond donors (Lipinski definition) is 1. The lowest BCUT2D eigenvalue weighted by Gasteiger charge is -2.35. The molecule has 0 spiro atoms. The van der Waals surface area contributed by atoms with Gasteiger partial charge in [0.15, 0.2) is 0 Å². The Morgan fingerprint density at radius 2 is 2.00 bits per heavy atom. The minimum atomic E-state index is 0.115. The van der Waals surface area contributed by atoms with Crippen molar-refractivity contribution in [3.05, 3.63) is 42.0 Å². The third-order valence-electron chi connectivity index (χ3n) is 2.96. The Labute approximate surface area is 105 Å². The Balaban J connectivity index is 2.93. The lowest BCUT2D eigenvalue weighted by molar-refractivity contribution is 0.145. The van der Waals surface area contributed by atoms with Gasteiger partial charge in [-0.25, -0.2) is 0 Å². The van der Waals surface area contributed by atoms with Gasteiger partial charge < -0.3 is 5.73 Å². The zero-order valence-electron chi connectivity index (χ0n) is 11.5. The van der Waals surface area contributed by atoms with Crippen LogP contribution in [0.3, 0.4) is 0 Å². The van der Waals surface area contributed by atoms with Crippen molar-refractivity contribution in [1.29, 1.82) is 0 Å². The molecule has 94 valence electrons. The van der Waals surface area contributed by atoms with Crippen molar-refractivity contribution in [2.24, 2.45) is 0 Å². The van der Waals surface area contributed by atoms with E-state index in [2.05, 4.69) is 45.2 Å². The van der Waals surface area contributed by atoms with Crippen LogP contribution in [0.1, 0.15) is 31.9 Å². The molecule has 0 amide bonds. The summed E-state index contributed by atoms with van der Waals surface area (Å²) in [5.41, 5.74) is 9.46. The normalized spacial score (nSPS) is 11.8. The Morgan fingerprint density at radius 3 is 2.53 bits per heavy atom. The van der Waals surface area contributed by atoms with E-state index in [1.54, 1.807) is 0 Å². The quantitative estimate of drug-likeness (QED) is 0.637. The number of nitrogen functional groups attached to an aromatic ring is 1. The average Bonchev–Trinajstić information content (AvgIpc) is 2.21. The predicted octanol–water partition coefficient (Wildman–Crippen LogP) is 3.36. The zero-order chi connectivity index (χ0) is 13.1. The SMILES string of the molecule is C=CCN(Cc1cc(C)ccc1N)C(C)(C)C. The van der Waals surface area contributed by atoms with Crippen molar-refractivity contribution in [3.8, 4) is 0 Å². The maximum Gasteiger partial charge on any atom is 0.0359 e. The number of anilines is 1. The van der Waals surface area contributed by atoms with E-state index in [1.807, 2.05) is 18.2 Å². The van der Waals surface area contributed by atoms with E-state index in [0.717, 1.165) is 18.8 Å². The minimum absolute atomic E-state index is 0.115. The molecule has 0 aliphatic rings. The molecule has 1 rings (SSSR count). The summed E-state index contributed by atoms with van der Waals surface area (Å²) in [6.45, 7) is 14.3. The van der Waals surface area contributed by atoms with Crippen LogP contribution >= 0.6 is 0 Å². The average molecular weight is 232 g/mol. The van der Waals surface area contributed by atoms with E-state index < -0.39 is 0 Å². The summed E-state index contributed by atoms with van der Waals surface area (Å²) in [6, 6.07) is 6.20. The molecule has 2 heteroatoms. The van der Waals surface area contributed by atoms with Gasteiger partial charge in [0.2, 0.25) is 0 Å². The lowest BCUT2D eigenvalue weighted by Crippen LogP contribution is -2.40. The van der Waals surface area contributed by atoms with Crippen LogP contribution in [-0.2, 0) is 6.54 Å². The number of nitrogens with two attached hydrogens (primary N) is 1. The Morgan fingerprint density at radius 1 is 1.35 bits per heavy atom. The van der Waals surface area contributed by atoms with Crippen LogP contribution in [-0.4, -0.2) is 17.0 Å². The van der Waals surface area contributed by atoms with Crippen molar-refractivity contribution < 1.29 is 0 Å². The van der Waals surface area contributed by atoms with E-state index in [0.29, 0.717) is 0 Å². The van der Waals surface area contributed by atoms with Gasteiger partial charge in [-0.15, -0.1) is 6.58 Å². The van der Waals surface area contributed by atoms with Crippen LogP contribution in [0.5, 0.6) is 0 Å². The molecule has 0 aliphatic heterocycles. The summed E-state index contributed by atoms with van der Waals surface area (Å²) in [5.74, 6) is 0. The molecule has 0 atom stereocenters. The van der Waals surface area contributed by atoms with Gasteiger partial charge in [-0.2, -0.15) is 0 Å². The highest BCUT2D eigenvalue weighted by Crippen LogP contribution is 2.21. The van der Waals surface area contributed by atoms with Crippen LogP contribution in [0.2, 0.25) is 0 Å². The van der Waals surface area contributed by atoms with Gasteiger partial charge in [0.1, 0.15) is 0 Å². The smallest absolute Gasteiger partial charge is 0.0359 e. The summed E-state index contributed by atoms with van der Waals surface area (Å²) in [5, 5.41) is 0. The Hall–Kier alpha value is -1.28. The molecule has 0 aliphatic carbocycles. The highest BCUT2D eigenvalue weighted by atomic mass is 15.2. The summed E-state index contributed by atoms with van der Waals surface area (Å²) < 4.78 is 0. The summed E-state index contributed by atoms with van der Waals surface area (Å²) >= 11 is 0. The zero-order valence-corrected chi connectivity index (χ0v) is 11.5. The van der Waals surface area contributed by atoms with Crippen molar-refractivity contribution in [2.75, 3.05) is 12.3 Å².